The first-order valence-corrected chi connectivity index (χ1v) is 5.44. The predicted molar refractivity (Wildman–Crippen MR) is 72.7 cm³/mol. The predicted octanol–water partition coefficient (Wildman–Crippen LogP) is -0.572. The Kier molecular flexibility index (Phi) is 8.21. The standard InChI is InChI=1S/C11H21N5O2/c1-9(13-6-7-18-5)15-11(16(3)4)14-8-10(17)12-2/h8,13H,1,6-7H2,2-5H3,(H,12,17). The summed E-state index contributed by atoms with van der Waals surface area (Å²) in [6, 6.07) is 0. The van der Waals surface area contributed by atoms with Gasteiger partial charge >= 0.3 is 0 Å². The number of methoxy groups -OCH3 is 1. The molecule has 0 aromatic heterocycles. The van der Waals surface area contributed by atoms with Gasteiger partial charge in [-0.3, -0.25) is 4.79 Å². The summed E-state index contributed by atoms with van der Waals surface area (Å²) in [5.41, 5.74) is 0. The van der Waals surface area contributed by atoms with E-state index in [1.54, 1.807) is 26.1 Å². The van der Waals surface area contributed by atoms with E-state index in [1.807, 2.05) is 0 Å². The number of aliphatic imine (C=N–C) groups is 2. The summed E-state index contributed by atoms with van der Waals surface area (Å²) in [4.78, 5) is 20.9. The third-order valence-corrected chi connectivity index (χ3v) is 1.81. The van der Waals surface area contributed by atoms with E-state index < -0.39 is 0 Å². The van der Waals surface area contributed by atoms with Gasteiger partial charge in [-0.15, -0.1) is 0 Å². The molecule has 0 fully saturated rings. The Morgan fingerprint density at radius 1 is 1.50 bits per heavy atom. The van der Waals surface area contributed by atoms with Crippen LogP contribution in [0.1, 0.15) is 0 Å². The molecule has 0 saturated carbocycles. The van der Waals surface area contributed by atoms with E-state index in [9.17, 15) is 4.79 Å². The molecule has 0 radical (unpaired) electrons. The number of hydrogen-bond donors (Lipinski definition) is 2. The van der Waals surface area contributed by atoms with Crippen LogP contribution in [0.4, 0.5) is 0 Å². The number of nitrogens with zero attached hydrogens (tertiary/aromatic N) is 3. The third-order valence-electron chi connectivity index (χ3n) is 1.81. The number of carbonyl (C=O) groups is 1. The molecule has 0 rings (SSSR count). The van der Waals surface area contributed by atoms with E-state index in [4.69, 9.17) is 4.74 Å². The Labute approximate surface area is 108 Å². The average molecular weight is 255 g/mol. The van der Waals surface area contributed by atoms with Gasteiger partial charge in [0.25, 0.3) is 5.91 Å². The fraction of sp³-hybridized carbons (Fsp3) is 0.545. The van der Waals surface area contributed by atoms with Gasteiger partial charge in [0.1, 0.15) is 5.82 Å². The largest absolute Gasteiger partial charge is 0.383 e. The quantitative estimate of drug-likeness (QED) is 0.378. The Morgan fingerprint density at radius 3 is 2.67 bits per heavy atom. The van der Waals surface area contributed by atoms with Crippen molar-refractivity contribution < 1.29 is 9.53 Å². The Morgan fingerprint density at radius 2 is 2.17 bits per heavy atom. The number of amides is 1. The Hall–Kier alpha value is -1.89. The molecule has 0 unspecified atom stereocenters. The van der Waals surface area contributed by atoms with Gasteiger partial charge in [-0.1, -0.05) is 6.58 Å². The van der Waals surface area contributed by atoms with Crippen LogP contribution in [-0.2, 0) is 9.53 Å². The van der Waals surface area contributed by atoms with Crippen LogP contribution in [0.15, 0.2) is 22.4 Å². The van der Waals surface area contributed by atoms with Crippen molar-refractivity contribution in [3.05, 3.63) is 12.4 Å². The first kappa shape index (κ1) is 16.1. The van der Waals surface area contributed by atoms with Crippen LogP contribution in [0.25, 0.3) is 0 Å². The minimum atomic E-state index is -0.289. The van der Waals surface area contributed by atoms with Crippen LogP contribution >= 0.6 is 0 Å². The molecule has 0 aromatic rings. The second-order valence-electron chi connectivity index (χ2n) is 3.54. The molecule has 0 aliphatic heterocycles. The normalized spacial score (nSPS) is 11.4. The minimum absolute atomic E-state index is 0.289. The van der Waals surface area contributed by atoms with E-state index in [0.717, 1.165) is 0 Å². The molecule has 0 aromatic carbocycles. The van der Waals surface area contributed by atoms with E-state index in [0.29, 0.717) is 24.9 Å². The number of rotatable bonds is 6. The SMILES string of the molecule is C=C(N=C(N=CC(=O)NC)N(C)C)NCCOC. The van der Waals surface area contributed by atoms with Crippen molar-refractivity contribution in [2.75, 3.05) is 41.4 Å². The number of hydrogen-bond acceptors (Lipinski definition) is 4. The highest BCUT2D eigenvalue weighted by Gasteiger charge is 2.01. The Balaban J connectivity index is 4.53. The monoisotopic (exact) mass is 255 g/mol. The van der Waals surface area contributed by atoms with Gasteiger partial charge in [-0.2, -0.15) is 4.99 Å². The summed E-state index contributed by atoms with van der Waals surface area (Å²) in [6.07, 6.45) is 1.17. The van der Waals surface area contributed by atoms with Gasteiger partial charge in [0.05, 0.1) is 12.8 Å². The fourth-order valence-corrected chi connectivity index (χ4v) is 0.883. The fourth-order valence-electron chi connectivity index (χ4n) is 0.883. The average Bonchev–Trinajstić information content (AvgIpc) is 2.33. The van der Waals surface area contributed by atoms with E-state index in [1.165, 1.54) is 13.3 Å². The minimum Gasteiger partial charge on any atom is -0.383 e. The highest BCUT2D eigenvalue weighted by atomic mass is 16.5. The third kappa shape index (κ3) is 7.39. The maximum atomic E-state index is 11.0. The zero-order valence-corrected chi connectivity index (χ0v) is 11.4. The summed E-state index contributed by atoms with van der Waals surface area (Å²) in [5, 5.41) is 5.40. The lowest BCUT2D eigenvalue weighted by molar-refractivity contribution is -0.113. The molecule has 0 heterocycles. The first-order valence-electron chi connectivity index (χ1n) is 5.44. The van der Waals surface area contributed by atoms with Crippen LogP contribution in [-0.4, -0.2) is 64.4 Å². The zero-order chi connectivity index (χ0) is 14.0. The number of nitrogens with one attached hydrogen (secondary N) is 2. The maximum absolute atomic E-state index is 11.0. The molecular formula is C11H21N5O2. The summed E-state index contributed by atoms with van der Waals surface area (Å²) in [7, 11) is 6.71. The highest BCUT2D eigenvalue weighted by Crippen LogP contribution is 1.93. The summed E-state index contributed by atoms with van der Waals surface area (Å²) in [5.74, 6) is 0.556. The van der Waals surface area contributed by atoms with Crippen LogP contribution in [0.5, 0.6) is 0 Å². The molecule has 7 heteroatoms. The smallest absolute Gasteiger partial charge is 0.262 e. The molecular weight excluding hydrogens is 234 g/mol. The lowest BCUT2D eigenvalue weighted by Gasteiger charge is -2.12. The van der Waals surface area contributed by atoms with Gasteiger partial charge in [0.15, 0.2) is 0 Å². The first-order chi connectivity index (χ1) is 8.51. The number of ether oxygens (including phenoxy) is 1. The molecule has 0 aliphatic carbocycles. The topological polar surface area (TPSA) is 78.3 Å². The van der Waals surface area contributed by atoms with Gasteiger partial charge < -0.3 is 20.3 Å². The van der Waals surface area contributed by atoms with Crippen LogP contribution in [0, 0.1) is 0 Å². The number of carbonyl (C=O) groups excluding carboxylic acids is 1. The Bertz CT molecular complexity index is 336. The molecule has 0 saturated heterocycles. The lowest BCUT2D eigenvalue weighted by Crippen LogP contribution is -2.25. The lowest BCUT2D eigenvalue weighted by atomic mass is 10.6. The molecule has 0 aliphatic rings. The van der Waals surface area contributed by atoms with Crippen molar-refractivity contribution in [3.63, 3.8) is 0 Å². The highest BCUT2D eigenvalue weighted by molar-refractivity contribution is 6.28. The van der Waals surface area contributed by atoms with Gasteiger partial charge in [-0.25, -0.2) is 4.99 Å². The van der Waals surface area contributed by atoms with Crippen molar-refractivity contribution >= 4 is 18.1 Å². The van der Waals surface area contributed by atoms with Crippen molar-refractivity contribution in [3.8, 4) is 0 Å². The summed E-state index contributed by atoms with van der Waals surface area (Å²) < 4.78 is 4.89. The molecule has 2 N–H and O–H groups in total. The molecule has 18 heavy (non-hydrogen) atoms. The maximum Gasteiger partial charge on any atom is 0.262 e. The van der Waals surface area contributed by atoms with Crippen molar-refractivity contribution in [1.29, 1.82) is 0 Å². The second kappa shape index (κ2) is 9.17. The molecule has 1 amide bonds. The van der Waals surface area contributed by atoms with Crippen molar-refractivity contribution in [2.24, 2.45) is 9.98 Å². The van der Waals surface area contributed by atoms with E-state index >= 15 is 0 Å². The molecule has 0 bridgehead atoms. The molecule has 0 atom stereocenters. The van der Waals surface area contributed by atoms with Gasteiger partial charge in [-0.05, 0) is 0 Å². The van der Waals surface area contributed by atoms with Crippen LogP contribution in [0.2, 0.25) is 0 Å². The molecule has 102 valence electrons. The van der Waals surface area contributed by atoms with Crippen LogP contribution < -0.4 is 10.6 Å². The number of guanidine groups is 1. The van der Waals surface area contributed by atoms with E-state index in [2.05, 4.69) is 27.2 Å². The van der Waals surface area contributed by atoms with Gasteiger partial charge in [0.2, 0.25) is 5.96 Å². The van der Waals surface area contributed by atoms with E-state index in [-0.39, 0.29) is 5.91 Å². The van der Waals surface area contributed by atoms with Crippen LogP contribution in [0.3, 0.4) is 0 Å². The zero-order valence-electron chi connectivity index (χ0n) is 11.4. The summed E-state index contributed by atoms with van der Waals surface area (Å²) in [6.45, 7) is 4.91. The second-order valence-corrected chi connectivity index (χ2v) is 3.54. The molecule has 0 spiro atoms. The molecule has 7 nitrogen and oxygen atoms in total. The summed E-state index contributed by atoms with van der Waals surface area (Å²) >= 11 is 0. The van der Waals surface area contributed by atoms with Gasteiger partial charge in [0, 0.05) is 34.8 Å². The van der Waals surface area contributed by atoms with Crippen molar-refractivity contribution in [1.82, 2.24) is 15.5 Å². The van der Waals surface area contributed by atoms with Crippen molar-refractivity contribution in [2.45, 2.75) is 0 Å².